The van der Waals surface area contributed by atoms with Gasteiger partial charge in [-0.15, -0.1) is 0 Å². The van der Waals surface area contributed by atoms with Crippen LogP contribution in [0.3, 0.4) is 0 Å². The van der Waals surface area contributed by atoms with E-state index in [4.69, 9.17) is 5.73 Å². The molecule has 1 aliphatic rings. The van der Waals surface area contributed by atoms with E-state index in [2.05, 4.69) is 5.10 Å². The zero-order valence-electron chi connectivity index (χ0n) is 6.94. The number of nitrogen functional groups attached to an aromatic ring is 1. The number of nitrogens with two attached hydrogens (primary N) is 1. The van der Waals surface area contributed by atoms with Crippen LogP contribution in [0.25, 0.3) is 0 Å². The van der Waals surface area contributed by atoms with Crippen molar-refractivity contribution in [2.75, 3.05) is 17.2 Å². The van der Waals surface area contributed by atoms with Gasteiger partial charge in [0.25, 0.3) is 0 Å². The summed E-state index contributed by atoms with van der Waals surface area (Å²) in [5.41, 5.74) is 5.76. The molecule has 0 saturated carbocycles. The van der Waals surface area contributed by atoms with Gasteiger partial charge < -0.3 is 5.73 Å². The van der Waals surface area contributed by atoms with Crippen LogP contribution in [0.15, 0.2) is 12.3 Å². The minimum Gasteiger partial charge on any atom is -0.384 e. The Bertz CT molecular complexity index is 253. The van der Waals surface area contributed by atoms with Crippen molar-refractivity contribution in [1.82, 2.24) is 9.78 Å². The van der Waals surface area contributed by atoms with Gasteiger partial charge in [-0.05, 0) is 24.7 Å². The largest absolute Gasteiger partial charge is 0.384 e. The Hall–Kier alpha value is -0.640. The highest BCUT2D eigenvalue weighted by Gasteiger charge is 2.17. The molecule has 0 amide bonds. The highest BCUT2D eigenvalue weighted by atomic mass is 32.2. The van der Waals surface area contributed by atoms with Gasteiger partial charge in [-0.25, -0.2) is 4.68 Å². The number of aromatic nitrogens is 2. The van der Waals surface area contributed by atoms with Gasteiger partial charge in [0.1, 0.15) is 5.82 Å². The van der Waals surface area contributed by atoms with E-state index < -0.39 is 0 Å². The van der Waals surface area contributed by atoms with E-state index in [1.807, 2.05) is 22.5 Å². The molecule has 3 nitrogen and oxygen atoms in total. The summed E-state index contributed by atoms with van der Waals surface area (Å²) in [5.74, 6) is 3.24. The lowest BCUT2D eigenvalue weighted by atomic mass is 10.2. The average molecular weight is 183 g/mol. The summed E-state index contributed by atoms with van der Waals surface area (Å²) in [6, 6.07) is 2.39. The Kier molecular flexibility index (Phi) is 2.26. The van der Waals surface area contributed by atoms with Crippen LogP contribution in [0.4, 0.5) is 5.82 Å². The third-order valence-electron chi connectivity index (χ3n) is 2.18. The summed E-state index contributed by atoms with van der Waals surface area (Å²) in [7, 11) is 0. The summed E-state index contributed by atoms with van der Waals surface area (Å²) in [6.07, 6.45) is 4.28. The van der Waals surface area contributed by atoms with Crippen molar-refractivity contribution in [3.63, 3.8) is 0 Å². The minimum atomic E-state index is 0.527. The molecule has 1 unspecified atom stereocenters. The van der Waals surface area contributed by atoms with E-state index in [0.29, 0.717) is 6.04 Å². The fourth-order valence-corrected chi connectivity index (χ4v) is 2.66. The third-order valence-corrected chi connectivity index (χ3v) is 3.38. The third kappa shape index (κ3) is 1.43. The lowest BCUT2D eigenvalue weighted by Crippen LogP contribution is -2.18. The first-order chi connectivity index (χ1) is 5.88. The van der Waals surface area contributed by atoms with Crippen LogP contribution in [0.2, 0.25) is 0 Å². The average Bonchev–Trinajstić information content (AvgIpc) is 2.53. The SMILES string of the molecule is Nc1ccnn1C1CCCSC1. The molecule has 1 atom stereocenters. The van der Waals surface area contributed by atoms with Gasteiger partial charge in [0.05, 0.1) is 12.2 Å². The molecule has 0 aliphatic carbocycles. The van der Waals surface area contributed by atoms with Crippen LogP contribution in [0.5, 0.6) is 0 Å². The van der Waals surface area contributed by atoms with Crippen molar-refractivity contribution >= 4 is 17.6 Å². The zero-order valence-corrected chi connectivity index (χ0v) is 7.76. The molecule has 0 aromatic carbocycles. The molecule has 1 aromatic rings. The molecule has 1 saturated heterocycles. The normalized spacial score (nSPS) is 24.2. The Balaban J connectivity index is 2.13. The lowest BCUT2D eigenvalue weighted by Gasteiger charge is -2.22. The number of anilines is 1. The summed E-state index contributed by atoms with van der Waals surface area (Å²) in [4.78, 5) is 0. The maximum absolute atomic E-state index is 5.76. The van der Waals surface area contributed by atoms with Crippen molar-refractivity contribution in [2.45, 2.75) is 18.9 Å². The number of hydrogen-bond acceptors (Lipinski definition) is 3. The molecule has 0 radical (unpaired) electrons. The van der Waals surface area contributed by atoms with Crippen molar-refractivity contribution in [1.29, 1.82) is 0 Å². The van der Waals surface area contributed by atoms with E-state index >= 15 is 0 Å². The fourth-order valence-electron chi connectivity index (χ4n) is 1.55. The molecule has 2 rings (SSSR count). The second kappa shape index (κ2) is 3.39. The number of nitrogens with zero attached hydrogens (tertiary/aromatic N) is 2. The highest BCUT2D eigenvalue weighted by Crippen LogP contribution is 2.27. The molecule has 1 fully saturated rings. The van der Waals surface area contributed by atoms with Crippen LogP contribution in [-0.2, 0) is 0 Å². The minimum absolute atomic E-state index is 0.527. The quantitative estimate of drug-likeness (QED) is 0.718. The highest BCUT2D eigenvalue weighted by molar-refractivity contribution is 7.99. The van der Waals surface area contributed by atoms with Crippen LogP contribution in [0, 0.1) is 0 Å². The maximum atomic E-state index is 5.76. The lowest BCUT2D eigenvalue weighted by molar-refractivity contribution is 0.461. The Labute approximate surface area is 76.3 Å². The molecule has 2 heterocycles. The second-order valence-corrected chi connectivity index (χ2v) is 4.22. The maximum Gasteiger partial charge on any atom is 0.121 e. The standard InChI is InChI=1S/C8H13N3S/c9-8-3-4-10-11(8)7-2-1-5-12-6-7/h3-4,7H,1-2,5-6,9H2. The molecule has 0 bridgehead atoms. The number of rotatable bonds is 1. The zero-order chi connectivity index (χ0) is 8.39. The van der Waals surface area contributed by atoms with E-state index in [1.165, 1.54) is 18.6 Å². The number of thioether (sulfide) groups is 1. The molecule has 0 spiro atoms. The first kappa shape index (κ1) is 7.98. The Morgan fingerprint density at radius 3 is 3.17 bits per heavy atom. The van der Waals surface area contributed by atoms with Crippen molar-refractivity contribution < 1.29 is 0 Å². The number of hydrogen-bond donors (Lipinski definition) is 1. The predicted octanol–water partition coefficient (Wildman–Crippen LogP) is 1.53. The monoisotopic (exact) mass is 183 g/mol. The summed E-state index contributed by atoms with van der Waals surface area (Å²) >= 11 is 1.99. The first-order valence-corrected chi connectivity index (χ1v) is 5.40. The second-order valence-electron chi connectivity index (χ2n) is 3.07. The molecular formula is C8H13N3S. The molecule has 66 valence electrons. The van der Waals surface area contributed by atoms with Crippen molar-refractivity contribution in [3.8, 4) is 0 Å². The van der Waals surface area contributed by atoms with Gasteiger partial charge in [-0.1, -0.05) is 0 Å². The summed E-state index contributed by atoms with van der Waals surface area (Å²) in [6.45, 7) is 0. The van der Waals surface area contributed by atoms with Crippen LogP contribution >= 0.6 is 11.8 Å². The molecule has 12 heavy (non-hydrogen) atoms. The fraction of sp³-hybridized carbons (Fsp3) is 0.625. The van der Waals surface area contributed by atoms with E-state index in [1.54, 1.807) is 6.20 Å². The van der Waals surface area contributed by atoms with Crippen LogP contribution in [-0.4, -0.2) is 21.3 Å². The Morgan fingerprint density at radius 2 is 2.58 bits per heavy atom. The molecular weight excluding hydrogens is 170 g/mol. The summed E-state index contributed by atoms with van der Waals surface area (Å²) < 4.78 is 1.95. The van der Waals surface area contributed by atoms with E-state index in [9.17, 15) is 0 Å². The van der Waals surface area contributed by atoms with Crippen LogP contribution < -0.4 is 5.73 Å². The van der Waals surface area contributed by atoms with E-state index in [0.717, 1.165) is 11.6 Å². The van der Waals surface area contributed by atoms with Gasteiger partial charge in [0, 0.05) is 5.75 Å². The predicted molar refractivity (Wildman–Crippen MR) is 52.2 cm³/mol. The first-order valence-electron chi connectivity index (χ1n) is 4.24. The van der Waals surface area contributed by atoms with E-state index in [-0.39, 0.29) is 0 Å². The van der Waals surface area contributed by atoms with Gasteiger partial charge in [0.2, 0.25) is 0 Å². The summed E-state index contributed by atoms with van der Waals surface area (Å²) in [5, 5.41) is 4.22. The van der Waals surface area contributed by atoms with Crippen molar-refractivity contribution in [2.24, 2.45) is 0 Å². The Morgan fingerprint density at radius 1 is 1.67 bits per heavy atom. The smallest absolute Gasteiger partial charge is 0.121 e. The van der Waals surface area contributed by atoms with Gasteiger partial charge >= 0.3 is 0 Å². The topological polar surface area (TPSA) is 43.8 Å². The molecule has 1 aliphatic heterocycles. The van der Waals surface area contributed by atoms with Crippen molar-refractivity contribution in [3.05, 3.63) is 12.3 Å². The van der Waals surface area contributed by atoms with Gasteiger partial charge in [-0.2, -0.15) is 16.9 Å². The molecule has 1 aromatic heterocycles. The van der Waals surface area contributed by atoms with Gasteiger partial charge in [0.15, 0.2) is 0 Å². The van der Waals surface area contributed by atoms with Crippen LogP contribution in [0.1, 0.15) is 18.9 Å². The molecule has 2 N–H and O–H groups in total. The molecule has 4 heteroatoms. The van der Waals surface area contributed by atoms with Gasteiger partial charge in [-0.3, -0.25) is 0 Å².